The van der Waals surface area contributed by atoms with E-state index in [1.807, 2.05) is 0 Å². The molecule has 0 atom stereocenters. The Labute approximate surface area is 110 Å². The summed E-state index contributed by atoms with van der Waals surface area (Å²) in [5, 5.41) is 9.50. The lowest BCUT2D eigenvalue weighted by atomic mass is 9.66. The number of rotatable bonds is 7. The number of carbonyl (C=O) groups is 1. The van der Waals surface area contributed by atoms with Gasteiger partial charge < -0.3 is 5.11 Å². The van der Waals surface area contributed by atoms with E-state index < -0.39 is 11.4 Å². The van der Waals surface area contributed by atoms with E-state index >= 15 is 0 Å². The number of hydrogen-bond acceptors (Lipinski definition) is 1. The zero-order chi connectivity index (χ0) is 13.6. The van der Waals surface area contributed by atoms with Crippen LogP contribution in [0.3, 0.4) is 0 Å². The third kappa shape index (κ3) is 3.96. The van der Waals surface area contributed by atoms with Crippen molar-refractivity contribution in [2.45, 2.75) is 65.2 Å². The summed E-state index contributed by atoms with van der Waals surface area (Å²) in [5.74, 6) is 0.705. The molecule has 0 aromatic carbocycles. The second-order valence-corrected chi connectivity index (χ2v) is 6.17. The van der Waals surface area contributed by atoms with Crippen LogP contribution in [-0.2, 0) is 4.79 Å². The fourth-order valence-electron chi connectivity index (χ4n) is 3.16. The Morgan fingerprint density at radius 2 is 1.89 bits per heavy atom. The summed E-state index contributed by atoms with van der Waals surface area (Å²) >= 11 is 0. The molecule has 1 aliphatic rings. The summed E-state index contributed by atoms with van der Waals surface area (Å²) in [6.45, 7) is 4.16. The fourth-order valence-corrected chi connectivity index (χ4v) is 3.16. The topological polar surface area (TPSA) is 37.3 Å². The van der Waals surface area contributed by atoms with Gasteiger partial charge in [0.2, 0.25) is 0 Å². The predicted molar refractivity (Wildman–Crippen MR) is 71.3 cm³/mol. The van der Waals surface area contributed by atoms with Crippen LogP contribution >= 0.6 is 0 Å². The Kier molecular flexibility index (Phi) is 6.10. The van der Waals surface area contributed by atoms with Crippen LogP contribution in [-0.4, -0.2) is 17.8 Å². The molecule has 0 heterocycles. The average molecular weight is 258 g/mol. The summed E-state index contributed by atoms with van der Waals surface area (Å²) in [5.41, 5.74) is -0.512. The first kappa shape index (κ1) is 15.5. The third-order valence-electron chi connectivity index (χ3n) is 4.67. The van der Waals surface area contributed by atoms with Gasteiger partial charge in [0.1, 0.15) is 0 Å². The Morgan fingerprint density at radius 1 is 1.28 bits per heavy atom. The maximum atomic E-state index is 12.0. The van der Waals surface area contributed by atoms with Crippen LogP contribution in [0.15, 0.2) is 0 Å². The van der Waals surface area contributed by atoms with Gasteiger partial charge in [-0.05, 0) is 50.4 Å². The lowest BCUT2D eigenvalue weighted by Crippen LogP contribution is -2.36. The monoisotopic (exact) mass is 258 g/mol. The van der Waals surface area contributed by atoms with Crippen molar-refractivity contribution >= 4 is 5.97 Å². The Bertz CT molecular complexity index is 255. The van der Waals surface area contributed by atoms with Crippen molar-refractivity contribution in [3.8, 4) is 0 Å². The van der Waals surface area contributed by atoms with Crippen LogP contribution in [0.5, 0.6) is 0 Å². The molecule has 106 valence electrons. The zero-order valence-electron chi connectivity index (χ0n) is 11.8. The van der Waals surface area contributed by atoms with Gasteiger partial charge >= 0.3 is 5.97 Å². The number of carboxylic acids is 1. The molecule has 1 N–H and O–H groups in total. The van der Waals surface area contributed by atoms with Crippen molar-refractivity contribution in [1.29, 1.82) is 0 Å². The largest absolute Gasteiger partial charge is 0.481 e. The summed E-state index contributed by atoms with van der Waals surface area (Å²) in [4.78, 5) is 11.5. The van der Waals surface area contributed by atoms with Crippen LogP contribution in [0.2, 0.25) is 0 Å². The molecule has 0 aromatic rings. The van der Waals surface area contributed by atoms with Crippen molar-refractivity contribution in [1.82, 2.24) is 0 Å². The molecule has 1 fully saturated rings. The molecule has 0 saturated heterocycles. The number of alkyl halides is 1. The van der Waals surface area contributed by atoms with Crippen LogP contribution in [0.1, 0.15) is 65.2 Å². The molecule has 0 aromatic heterocycles. The van der Waals surface area contributed by atoms with E-state index in [0.29, 0.717) is 18.3 Å². The molecule has 1 saturated carbocycles. The number of carboxylic acid groups (broad SMARTS) is 1. The Balaban J connectivity index is 2.48. The molecule has 1 rings (SSSR count). The first-order valence-corrected chi connectivity index (χ1v) is 7.31. The van der Waals surface area contributed by atoms with E-state index in [-0.39, 0.29) is 6.67 Å². The highest BCUT2D eigenvalue weighted by Gasteiger charge is 2.41. The maximum Gasteiger partial charge on any atom is 0.309 e. The summed E-state index contributed by atoms with van der Waals surface area (Å²) in [6, 6.07) is 0. The predicted octanol–water partition coefficient (Wildman–Crippen LogP) is 4.43. The van der Waals surface area contributed by atoms with Gasteiger partial charge in [0.05, 0.1) is 12.1 Å². The molecule has 3 heteroatoms. The first-order valence-electron chi connectivity index (χ1n) is 7.31. The van der Waals surface area contributed by atoms with Gasteiger partial charge in [0.15, 0.2) is 0 Å². The minimum atomic E-state index is -0.634. The van der Waals surface area contributed by atoms with Gasteiger partial charge in [-0.15, -0.1) is 0 Å². The summed E-state index contributed by atoms with van der Waals surface area (Å²) in [7, 11) is 0. The number of aliphatic carboxylic acids is 1. The highest BCUT2D eigenvalue weighted by Crippen LogP contribution is 2.44. The molecular weight excluding hydrogens is 231 g/mol. The van der Waals surface area contributed by atoms with Gasteiger partial charge in [0.25, 0.3) is 0 Å². The second kappa shape index (κ2) is 7.10. The van der Waals surface area contributed by atoms with E-state index in [2.05, 4.69) is 13.8 Å². The number of halogens is 1. The fraction of sp³-hybridized carbons (Fsp3) is 0.933. The minimum Gasteiger partial charge on any atom is -0.481 e. The van der Waals surface area contributed by atoms with Gasteiger partial charge in [0, 0.05) is 0 Å². The van der Waals surface area contributed by atoms with Crippen molar-refractivity contribution < 1.29 is 14.3 Å². The van der Waals surface area contributed by atoms with Crippen LogP contribution in [0.4, 0.5) is 4.39 Å². The van der Waals surface area contributed by atoms with Crippen molar-refractivity contribution in [2.75, 3.05) is 6.67 Å². The first-order chi connectivity index (χ1) is 8.52. The van der Waals surface area contributed by atoms with Gasteiger partial charge in [-0.1, -0.05) is 26.7 Å². The molecule has 0 unspecified atom stereocenters. The standard InChI is InChI=1S/C15H27FO2/c1-12(2)13-6-9-15(10-7-13,14(17)18)8-4-3-5-11-16/h12-13H,3-11H2,1-2H3,(H,17,18). The van der Waals surface area contributed by atoms with Gasteiger partial charge in [-0.2, -0.15) is 0 Å². The van der Waals surface area contributed by atoms with Crippen molar-refractivity contribution in [3.63, 3.8) is 0 Å². The third-order valence-corrected chi connectivity index (χ3v) is 4.67. The molecule has 1 aliphatic carbocycles. The summed E-state index contributed by atoms with van der Waals surface area (Å²) < 4.78 is 12.0. The highest BCUT2D eigenvalue weighted by atomic mass is 19.1. The van der Waals surface area contributed by atoms with Crippen LogP contribution in [0, 0.1) is 17.3 Å². The number of unbranched alkanes of at least 4 members (excludes halogenated alkanes) is 2. The summed E-state index contributed by atoms with van der Waals surface area (Å²) in [6.07, 6.45) is 6.65. The lowest BCUT2D eigenvalue weighted by molar-refractivity contribution is -0.152. The van der Waals surface area contributed by atoms with E-state index in [0.717, 1.165) is 44.9 Å². The smallest absolute Gasteiger partial charge is 0.309 e. The van der Waals surface area contributed by atoms with E-state index in [1.54, 1.807) is 0 Å². The minimum absolute atomic E-state index is 0.282. The average Bonchev–Trinajstić information content (AvgIpc) is 2.35. The van der Waals surface area contributed by atoms with Gasteiger partial charge in [-0.25, -0.2) is 0 Å². The highest BCUT2D eigenvalue weighted by molar-refractivity contribution is 5.74. The van der Waals surface area contributed by atoms with Crippen molar-refractivity contribution in [2.24, 2.45) is 17.3 Å². The van der Waals surface area contributed by atoms with E-state index in [4.69, 9.17) is 0 Å². The number of hydrogen-bond donors (Lipinski definition) is 1. The molecule has 0 aliphatic heterocycles. The maximum absolute atomic E-state index is 12.0. The van der Waals surface area contributed by atoms with Crippen LogP contribution in [0.25, 0.3) is 0 Å². The normalized spacial score (nSPS) is 28.6. The molecule has 0 amide bonds. The Hall–Kier alpha value is -0.600. The lowest BCUT2D eigenvalue weighted by Gasteiger charge is -2.38. The van der Waals surface area contributed by atoms with Crippen molar-refractivity contribution in [3.05, 3.63) is 0 Å². The van der Waals surface area contributed by atoms with Gasteiger partial charge in [-0.3, -0.25) is 9.18 Å². The quantitative estimate of drug-likeness (QED) is 0.686. The molecule has 0 radical (unpaired) electrons. The molecule has 18 heavy (non-hydrogen) atoms. The molecular formula is C15H27FO2. The molecule has 0 spiro atoms. The van der Waals surface area contributed by atoms with Crippen LogP contribution < -0.4 is 0 Å². The Morgan fingerprint density at radius 3 is 2.33 bits per heavy atom. The molecule has 2 nitrogen and oxygen atoms in total. The SMILES string of the molecule is CC(C)C1CCC(CCCCCF)(C(=O)O)CC1. The second-order valence-electron chi connectivity index (χ2n) is 6.17. The molecule has 0 bridgehead atoms. The van der Waals surface area contributed by atoms with E-state index in [1.165, 1.54) is 0 Å². The zero-order valence-corrected chi connectivity index (χ0v) is 11.8. The van der Waals surface area contributed by atoms with E-state index in [9.17, 15) is 14.3 Å².